The van der Waals surface area contributed by atoms with E-state index in [1.165, 1.54) is 31.2 Å². The van der Waals surface area contributed by atoms with Crippen molar-refractivity contribution in [1.29, 1.82) is 0 Å². The average Bonchev–Trinajstić information content (AvgIpc) is 3.26. The Morgan fingerprint density at radius 2 is 2.17 bits per heavy atom. The van der Waals surface area contributed by atoms with Gasteiger partial charge in [-0.15, -0.1) is 0 Å². The summed E-state index contributed by atoms with van der Waals surface area (Å²) in [6.45, 7) is 5.29. The summed E-state index contributed by atoms with van der Waals surface area (Å²) < 4.78 is 37.5. The van der Waals surface area contributed by atoms with Crippen LogP contribution in [0.1, 0.15) is 37.0 Å². The highest BCUT2D eigenvalue weighted by atomic mass is 32.2. The summed E-state index contributed by atoms with van der Waals surface area (Å²) in [6, 6.07) is 3.77. The molecule has 0 spiro atoms. The second-order valence-corrected chi connectivity index (χ2v) is 6.78. The number of aromatic nitrogens is 1. The van der Waals surface area contributed by atoms with E-state index in [-0.39, 0.29) is 22.4 Å². The van der Waals surface area contributed by atoms with E-state index in [0.717, 1.165) is 0 Å². The van der Waals surface area contributed by atoms with Gasteiger partial charge in [-0.05, 0) is 38.8 Å². The molecule has 1 fully saturated rings. The molecule has 0 radical (unpaired) electrons. The van der Waals surface area contributed by atoms with Crippen LogP contribution in [0, 0.1) is 0 Å². The van der Waals surface area contributed by atoms with E-state index in [2.05, 4.69) is 29.0 Å². The van der Waals surface area contributed by atoms with Crippen molar-refractivity contribution in [2.24, 2.45) is 0 Å². The van der Waals surface area contributed by atoms with Crippen LogP contribution in [-0.2, 0) is 0 Å². The number of alkyl halides is 3. The summed E-state index contributed by atoms with van der Waals surface area (Å²) in [4.78, 5) is 18.1. The van der Waals surface area contributed by atoms with Gasteiger partial charge in [-0.1, -0.05) is 0 Å². The average molecular weight is 347 g/mol. The van der Waals surface area contributed by atoms with Crippen LogP contribution in [-0.4, -0.2) is 46.5 Å². The predicted octanol–water partition coefficient (Wildman–Crippen LogP) is 3.30. The maximum Gasteiger partial charge on any atom is 0.447 e. The van der Waals surface area contributed by atoms with Gasteiger partial charge in [0.15, 0.2) is 0 Å². The highest BCUT2D eigenvalue weighted by Crippen LogP contribution is 2.37. The molecule has 128 valence electrons. The van der Waals surface area contributed by atoms with Crippen molar-refractivity contribution >= 4 is 17.7 Å². The molecule has 4 nitrogen and oxygen atoms in total. The number of carbonyl (C=O) groups is 1. The summed E-state index contributed by atoms with van der Waals surface area (Å²) in [5, 5.41) is 2.37. The van der Waals surface area contributed by atoms with E-state index in [1.807, 2.05) is 0 Å². The Labute approximate surface area is 137 Å². The van der Waals surface area contributed by atoms with E-state index in [1.54, 1.807) is 0 Å². The van der Waals surface area contributed by atoms with Gasteiger partial charge in [0.25, 0.3) is 5.91 Å². The fourth-order valence-electron chi connectivity index (χ4n) is 2.42. The molecule has 1 heterocycles. The monoisotopic (exact) mass is 347 g/mol. The summed E-state index contributed by atoms with van der Waals surface area (Å²) in [5.74, 6) is -0.524. The first-order valence-corrected chi connectivity index (χ1v) is 8.34. The maximum atomic E-state index is 12.5. The van der Waals surface area contributed by atoms with Crippen molar-refractivity contribution in [1.82, 2.24) is 15.2 Å². The lowest BCUT2D eigenvalue weighted by atomic mass is 10.2. The van der Waals surface area contributed by atoms with Crippen LogP contribution in [0.15, 0.2) is 23.4 Å². The van der Waals surface area contributed by atoms with Gasteiger partial charge >= 0.3 is 5.51 Å². The molecule has 0 aliphatic heterocycles. The first kappa shape index (κ1) is 18.1. The molecule has 1 aromatic heterocycles. The quantitative estimate of drug-likeness (QED) is 0.769. The number of nitrogens with one attached hydrogen (secondary N) is 1. The van der Waals surface area contributed by atoms with Crippen LogP contribution >= 0.6 is 11.8 Å². The molecule has 1 aliphatic rings. The highest BCUT2D eigenvalue weighted by Gasteiger charge is 2.33. The Morgan fingerprint density at radius 1 is 1.48 bits per heavy atom. The third-order valence-electron chi connectivity index (χ3n) is 3.56. The van der Waals surface area contributed by atoms with Gasteiger partial charge < -0.3 is 5.32 Å². The standard InChI is InChI=1S/C15H20F3N3OS/c1-10(2)21(11-5-6-11)9-8-19-13(22)12-4-3-7-20-14(12)23-15(16,17)18/h3-4,7,10-11H,5-6,8-9H2,1-2H3,(H,19,22). The van der Waals surface area contributed by atoms with Crippen LogP contribution < -0.4 is 5.32 Å². The number of thioether (sulfide) groups is 1. The molecule has 23 heavy (non-hydrogen) atoms. The van der Waals surface area contributed by atoms with Gasteiger partial charge in [0.1, 0.15) is 5.03 Å². The molecule has 0 atom stereocenters. The van der Waals surface area contributed by atoms with Crippen LogP contribution in [0.25, 0.3) is 0 Å². The lowest BCUT2D eigenvalue weighted by Crippen LogP contribution is -2.40. The highest BCUT2D eigenvalue weighted by molar-refractivity contribution is 8.00. The van der Waals surface area contributed by atoms with Gasteiger partial charge in [0.2, 0.25) is 0 Å². The Hall–Kier alpha value is -1.28. The number of rotatable bonds is 7. The number of amides is 1. The molecule has 1 amide bonds. The van der Waals surface area contributed by atoms with Crippen LogP contribution in [0.2, 0.25) is 0 Å². The van der Waals surface area contributed by atoms with E-state index in [9.17, 15) is 18.0 Å². The van der Waals surface area contributed by atoms with Gasteiger partial charge in [-0.25, -0.2) is 4.98 Å². The fourth-order valence-corrected chi connectivity index (χ4v) is 3.02. The smallest absolute Gasteiger partial charge is 0.351 e. The number of carbonyl (C=O) groups excluding carboxylic acids is 1. The number of pyridine rings is 1. The lowest BCUT2D eigenvalue weighted by molar-refractivity contribution is -0.0329. The molecule has 0 bridgehead atoms. The van der Waals surface area contributed by atoms with Crippen LogP contribution in [0.5, 0.6) is 0 Å². The van der Waals surface area contributed by atoms with E-state index < -0.39 is 11.4 Å². The molecule has 1 aliphatic carbocycles. The lowest BCUT2D eigenvalue weighted by Gasteiger charge is -2.26. The zero-order valence-corrected chi connectivity index (χ0v) is 13.9. The largest absolute Gasteiger partial charge is 0.447 e. The second kappa shape index (κ2) is 7.53. The number of hydrogen-bond donors (Lipinski definition) is 1. The van der Waals surface area contributed by atoms with Crippen molar-refractivity contribution in [3.05, 3.63) is 23.9 Å². The zero-order chi connectivity index (χ0) is 17.0. The number of hydrogen-bond acceptors (Lipinski definition) is 4. The van der Waals surface area contributed by atoms with E-state index in [4.69, 9.17) is 0 Å². The summed E-state index contributed by atoms with van der Waals surface area (Å²) in [7, 11) is 0. The van der Waals surface area contributed by atoms with Gasteiger partial charge in [-0.2, -0.15) is 13.2 Å². The number of nitrogens with zero attached hydrogens (tertiary/aromatic N) is 2. The molecule has 8 heteroatoms. The zero-order valence-electron chi connectivity index (χ0n) is 13.1. The molecule has 0 saturated heterocycles. The first-order chi connectivity index (χ1) is 10.8. The van der Waals surface area contributed by atoms with Gasteiger partial charge in [0, 0.05) is 43.1 Å². The molecule has 1 saturated carbocycles. The summed E-state index contributed by atoms with van der Waals surface area (Å²) in [6.07, 6.45) is 3.58. The summed E-state index contributed by atoms with van der Waals surface area (Å²) in [5.41, 5.74) is -4.51. The third-order valence-corrected chi connectivity index (χ3v) is 4.31. The Kier molecular flexibility index (Phi) is 5.91. The molecule has 1 aromatic rings. The van der Waals surface area contributed by atoms with Gasteiger partial charge in [0.05, 0.1) is 5.56 Å². The topological polar surface area (TPSA) is 45.2 Å². The minimum atomic E-state index is -4.47. The first-order valence-electron chi connectivity index (χ1n) is 7.52. The van der Waals surface area contributed by atoms with Crippen LogP contribution in [0.4, 0.5) is 13.2 Å². The second-order valence-electron chi connectivity index (χ2n) is 5.72. The van der Waals surface area contributed by atoms with Crippen molar-refractivity contribution in [3.8, 4) is 0 Å². The SMILES string of the molecule is CC(C)N(CCNC(=O)c1cccnc1SC(F)(F)F)C1CC1. The summed E-state index contributed by atoms with van der Waals surface area (Å²) >= 11 is -0.367. The van der Waals surface area contributed by atoms with Crippen molar-refractivity contribution in [2.75, 3.05) is 13.1 Å². The molecule has 1 N–H and O–H groups in total. The van der Waals surface area contributed by atoms with Crippen LogP contribution in [0.3, 0.4) is 0 Å². The fraction of sp³-hybridized carbons (Fsp3) is 0.600. The third kappa shape index (κ3) is 5.69. The minimum absolute atomic E-state index is 0.0441. The Bertz CT molecular complexity index is 545. The van der Waals surface area contributed by atoms with Crippen molar-refractivity contribution in [3.63, 3.8) is 0 Å². The maximum absolute atomic E-state index is 12.5. The molecular formula is C15H20F3N3OS. The Morgan fingerprint density at radius 3 is 2.74 bits per heavy atom. The predicted molar refractivity (Wildman–Crippen MR) is 83.3 cm³/mol. The van der Waals surface area contributed by atoms with E-state index in [0.29, 0.717) is 25.2 Å². The van der Waals surface area contributed by atoms with Crippen molar-refractivity contribution in [2.45, 2.75) is 49.3 Å². The number of halogens is 3. The molecular weight excluding hydrogens is 327 g/mol. The molecule has 0 aromatic carbocycles. The molecule has 0 unspecified atom stereocenters. The normalized spacial score (nSPS) is 15.3. The minimum Gasteiger partial charge on any atom is -0.351 e. The molecule has 2 rings (SSSR count). The van der Waals surface area contributed by atoms with Crippen molar-refractivity contribution < 1.29 is 18.0 Å². The Balaban J connectivity index is 1.93. The van der Waals surface area contributed by atoms with E-state index >= 15 is 0 Å². The van der Waals surface area contributed by atoms with Gasteiger partial charge in [-0.3, -0.25) is 9.69 Å².